The quantitative estimate of drug-likeness (QED) is 0.418. The molecule has 0 bridgehead atoms. The Bertz CT molecular complexity index is 1110. The molecule has 3 aromatic rings. The average molecular weight is 461 g/mol. The number of amides is 1. The van der Waals surface area contributed by atoms with Crippen LogP contribution in [0.2, 0.25) is 0 Å². The van der Waals surface area contributed by atoms with Crippen molar-refractivity contribution in [3.8, 4) is 5.75 Å². The lowest BCUT2D eigenvalue weighted by atomic mass is 10.00. The van der Waals surface area contributed by atoms with Gasteiger partial charge in [-0.1, -0.05) is 71.4 Å². The van der Waals surface area contributed by atoms with E-state index >= 15 is 0 Å². The summed E-state index contributed by atoms with van der Waals surface area (Å²) < 4.78 is 6.83. The van der Waals surface area contributed by atoms with Crippen molar-refractivity contribution in [2.75, 3.05) is 11.6 Å². The van der Waals surface area contributed by atoms with Crippen molar-refractivity contribution in [3.63, 3.8) is 0 Å². The molecule has 0 saturated heterocycles. The molecular formula is C25H21BrN2O2. The third-order valence-electron chi connectivity index (χ3n) is 4.66. The summed E-state index contributed by atoms with van der Waals surface area (Å²) in [5, 5.41) is 6.14. The van der Waals surface area contributed by atoms with Crippen molar-refractivity contribution in [1.82, 2.24) is 0 Å². The summed E-state index contributed by atoms with van der Waals surface area (Å²) in [7, 11) is 0. The molecule has 5 heteroatoms. The molecule has 30 heavy (non-hydrogen) atoms. The largest absolute Gasteiger partial charge is 0.493 e. The molecule has 3 aromatic carbocycles. The molecule has 1 aliphatic heterocycles. The Balaban J connectivity index is 1.82. The lowest BCUT2D eigenvalue weighted by molar-refractivity contribution is -0.114. The number of benzene rings is 3. The SMILES string of the molecule is CCCOc1ccc(Br)cc1/C=C1\C(=O)N(c2ccccc2)N=C1c1ccccc1. The number of anilines is 1. The first kappa shape index (κ1) is 20.1. The summed E-state index contributed by atoms with van der Waals surface area (Å²) in [6.07, 6.45) is 2.77. The van der Waals surface area contributed by atoms with Gasteiger partial charge in [-0.2, -0.15) is 10.1 Å². The summed E-state index contributed by atoms with van der Waals surface area (Å²) in [5.41, 5.74) is 3.63. The first-order valence-electron chi connectivity index (χ1n) is 9.85. The van der Waals surface area contributed by atoms with Gasteiger partial charge in [0.1, 0.15) is 11.5 Å². The van der Waals surface area contributed by atoms with E-state index in [1.54, 1.807) is 0 Å². The van der Waals surface area contributed by atoms with Gasteiger partial charge < -0.3 is 4.74 Å². The molecular weight excluding hydrogens is 440 g/mol. The van der Waals surface area contributed by atoms with Gasteiger partial charge in [0.15, 0.2) is 0 Å². The fourth-order valence-corrected chi connectivity index (χ4v) is 3.61. The summed E-state index contributed by atoms with van der Waals surface area (Å²) in [6, 6.07) is 25.0. The highest BCUT2D eigenvalue weighted by Gasteiger charge is 2.32. The Hall–Kier alpha value is -3.18. The lowest BCUT2D eigenvalue weighted by Gasteiger charge is -2.12. The first-order chi connectivity index (χ1) is 14.7. The van der Waals surface area contributed by atoms with E-state index in [2.05, 4.69) is 28.0 Å². The van der Waals surface area contributed by atoms with Gasteiger partial charge in [-0.15, -0.1) is 0 Å². The van der Waals surface area contributed by atoms with E-state index in [0.29, 0.717) is 17.9 Å². The highest BCUT2D eigenvalue weighted by molar-refractivity contribution is 9.10. The van der Waals surface area contributed by atoms with Crippen LogP contribution in [0.1, 0.15) is 24.5 Å². The molecule has 4 nitrogen and oxygen atoms in total. The molecule has 0 spiro atoms. The highest BCUT2D eigenvalue weighted by atomic mass is 79.9. The van der Waals surface area contributed by atoms with E-state index in [1.165, 1.54) is 5.01 Å². The van der Waals surface area contributed by atoms with E-state index in [0.717, 1.165) is 33.5 Å². The Morgan fingerprint density at radius 2 is 1.70 bits per heavy atom. The second-order valence-corrected chi connectivity index (χ2v) is 7.77. The number of para-hydroxylation sites is 1. The zero-order valence-electron chi connectivity index (χ0n) is 16.6. The zero-order chi connectivity index (χ0) is 20.9. The maximum Gasteiger partial charge on any atom is 0.281 e. The smallest absolute Gasteiger partial charge is 0.281 e. The Morgan fingerprint density at radius 1 is 1.00 bits per heavy atom. The number of ether oxygens (including phenoxy) is 1. The van der Waals surface area contributed by atoms with E-state index in [-0.39, 0.29) is 5.91 Å². The van der Waals surface area contributed by atoms with Crippen LogP contribution in [0.25, 0.3) is 6.08 Å². The van der Waals surface area contributed by atoms with Crippen LogP contribution in [0.5, 0.6) is 5.75 Å². The number of halogens is 1. The van der Waals surface area contributed by atoms with E-state index < -0.39 is 0 Å². The van der Waals surface area contributed by atoms with Crippen molar-refractivity contribution >= 4 is 39.3 Å². The molecule has 0 aromatic heterocycles. The third-order valence-corrected chi connectivity index (χ3v) is 5.15. The fraction of sp³-hybridized carbons (Fsp3) is 0.120. The van der Waals surface area contributed by atoms with Crippen LogP contribution in [0.15, 0.2) is 94.0 Å². The van der Waals surface area contributed by atoms with Crippen LogP contribution in [-0.4, -0.2) is 18.2 Å². The molecule has 1 amide bonds. The number of rotatable bonds is 6. The van der Waals surface area contributed by atoms with Gasteiger partial charge in [0, 0.05) is 15.6 Å². The topological polar surface area (TPSA) is 41.9 Å². The van der Waals surface area contributed by atoms with Gasteiger partial charge in [0.05, 0.1) is 17.9 Å². The normalized spacial score (nSPS) is 14.9. The van der Waals surface area contributed by atoms with E-state index in [1.807, 2.05) is 84.9 Å². The van der Waals surface area contributed by atoms with Crippen LogP contribution in [0.3, 0.4) is 0 Å². The van der Waals surface area contributed by atoms with Crippen LogP contribution in [0.4, 0.5) is 5.69 Å². The Morgan fingerprint density at radius 3 is 2.40 bits per heavy atom. The maximum absolute atomic E-state index is 13.4. The summed E-state index contributed by atoms with van der Waals surface area (Å²) in [5.74, 6) is 0.576. The van der Waals surface area contributed by atoms with Gasteiger partial charge in [0.25, 0.3) is 5.91 Å². The van der Waals surface area contributed by atoms with Gasteiger partial charge in [-0.3, -0.25) is 4.79 Å². The zero-order valence-corrected chi connectivity index (χ0v) is 18.2. The minimum absolute atomic E-state index is 0.165. The first-order valence-corrected chi connectivity index (χ1v) is 10.6. The molecule has 0 aliphatic carbocycles. The molecule has 0 unspecified atom stereocenters. The predicted octanol–water partition coefficient (Wildman–Crippen LogP) is 6.07. The van der Waals surface area contributed by atoms with Gasteiger partial charge in [-0.05, 0) is 42.8 Å². The Kier molecular flexibility index (Phi) is 6.10. The number of hydrogen-bond donors (Lipinski definition) is 0. The summed E-state index contributed by atoms with van der Waals surface area (Å²) in [6.45, 7) is 2.68. The van der Waals surface area contributed by atoms with Crippen molar-refractivity contribution in [3.05, 3.63) is 100 Å². The van der Waals surface area contributed by atoms with Crippen molar-refractivity contribution < 1.29 is 9.53 Å². The number of hydrogen-bond acceptors (Lipinski definition) is 3. The summed E-state index contributed by atoms with van der Waals surface area (Å²) >= 11 is 3.53. The van der Waals surface area contributed by atoms with Gasteiger partial charge in [0.2, 0.25) is 0 Å². The molecule has 0 radical (unpaired) electrons. The molecule has 1 heterocycles. The van der Waals surface area contributed by atoms with E-state index in [9.17, 15) is 4.79 Å². The number of hydrazone groups is 1. The molecule has 1 aliphatic rings. The second kappa shape index (κ2) is 9.09. The number of carbonyl (C=O) groups excluding carboxylic acids is 1. The predicted molar refractivity (Wildman–Crippen MR) is 125 cm³/mol. The van der Waals surface area contributed by atoms with Crippen LogP contribution < -0.4 is 9.75 Å². The number of nitrogens with zero attached hydrogens (tertiary/aromatic N) is 2. The lowest BCUT2D eigenvalue weighted by Crippen LogP contribution is -2.21. The van der Waals surface area contributed by atoms with Crippen LogP contribution in [0, 0.1) is 0 Å². The molecule has 0 N–H and O–H groups in total. The maximum atomic E-state index is 13.4. The minimum Gasteiger partial charge on any atom is -0.493 e. The number of carbonyl (C=O) groups is 1. The van der Waals surface area contributed by atoms with Crippen LogP contribution >= 0.6 is 15.9 Å². The Labute approximate surface area is 184 Å². The molecule has 0 fully saturated rings. The van der Waals surface area contributed by atoms with Gasteiger partial charge in [-0.25, -0.2) is 0 Å². The molecule has 150 valence electrons. The van der Waals surface area contributed by atoms with Crippen molar-refractivity contribution in [2.24, 2.45) is 5.10 Å². The molecule has 0 atom stereocenters. The van der Waals surface area contributed by atoms with E-state index in [4.69, 9.17) is 4.74 Å². The van der Waals surface area contributed by atoms with Crippen molar-refractivity contribution in [1.29, 1.82) is 0 Å². The third kappa shape index (κ3) is 4.21. The molecule has 4 rings (SSSR count). The monoisotopic (exact) mass is 460 g/mol. The summed E-state index contributed by atoms with van der Waals surface area (Å²) in [4.78, 5) is 13.4. The fourth-order valence-electron chi connectivity index (χ4n) is 3.23. The standard InChI is InChI=1S/C25H21BrN2O2/c1-2-15-30-23-14-13-20(26)16-19(23)17-22-24(18-9-5-3-6-10-18)27-28(25(22)29)21-11-7-4-8-12-21/h3-14,16-17H,2,15H2,1H3/b22-17-. The highest BCUT2D eigenvalue weighted by Crippen LogP contribution is 2.31. The van der Waals surface area contributed by atoms with Crippen LogP contribution in [-0.2, 0) is 4.79 Å². The van der Waals surface area contributed by atoms with Gasteiger partial charge >= 0.3 is 0 Å². The second-order valence-electron chi connectivity index (χ2n) is 6.86. The minimum atomic E-state index is -0.165. The van der Waals surface area contributed by atoms with Crippen molar-refractivity contribution in [2.45, 2.75) is 13.3 Å². The molecule has 0 saturated carbocycles. The average Bonchev–Trinajstić information content (AvgIpc) is 3.10.